The van der Waals surface area contributed by atoms with E-state index >= 15 is 0 Å². The predicted molar refractivity (Wildman–Crippen MR) is 118 cm³/mol. The zero-order valence-electron chi connectivity index (χ0n) is 17.2. The number of nitrogens with zero attached hydrogens (tertiary/aromatic N) is 1. The van der Waals surface area contributed by atoms with Crippen LogP contribution in [0.5, 0.6) is 5.75 Å². The molecular weight excluding hydrogens is 442 g/mol. The van der Waals surface area contributed by atoms with Crippen LogP contribution in [0.1, 0.15) is 23.4 Å². The van der Waals surface area contributed by atoms with Gasteiger partial charge in [-0.2, -0.15) is 0 Å². The Balaban J connectivity index is 1.76. The Morgan fingerprint density at radius 1 is 1.13 bits per heavy atom. The molecule has 0 saturated heterocycles. The molecule has 0 aliphatic heterocycles. The third kappa shape index (κ3) is 5.56. The third-order valence-electron chi connectivity index (χ3n) is 4.62. The first-order chi connectivity index (χ1) is 14.7. The summed E-state index contributed by atoms with van der Waals surface area (Å²) in [6.07, 6.45) is 0.659. The maximum atomic E-state index is 12.9. The second kappa shape index (κ2) is 9.40. The van der Waals surface area contributed by atoms with Gasteiger partial charge in [0.25, 0.3) is 10.0 Å². The van der Waals surface area contributed by atoms with Crippen molar-refractivity contribution in [2.24, 2.45) is 0 Å². The SMILES string of the molecule is COc1ccc(NC(=O)CCc2c(C)noc2C)cc1S(=O)(=O)Nc1ccc(Cl)cc1. The fourth-order valence-electron chi connectivity index (χ4n) is 3.01. The molecule has 0 radical (unpaired) electrons. The van der Waals surface area contributed by atoms with E-state index in [9.17, 15) is 13.2 Å². The highest BCUT2D eigenvalue weighted by atomic mass is 35.5. The molecule has 0 saturated carbocycles. The molecule has 1 amide bonds. The van der Waals surface area contributed by atoms with E-state index in [1.165, 1.54) is 19.2 Å². The maximum Gasteiger partial charge on any atom is 0.265 e. The highest BCUT2D eigenvalue weighted by molar-refractivity contribution is 7.92. The van der Waals surface area contributed by atoms with Crippen LogP contribution in [0, 0.1) is 13.8 Å². The summed E-state index contributed by atoms with van der Waals surface area (Å²) in [4.78, 5) is 12.3. The summed E-state index contributed by atoms with van der Waals surface area (Å²) in [7, 11) is -2.60. The van der Waals surface area contributed by atoms with Crippen LogP contribution >= 0.6 is 11.6 Å². The van der Waals surface area contributed by atoms with Gasteiger partial charge in [-0.05, 0) is 62.7 Å². The van der Waals surface area contributed by atoms with E-state index in [1.54, 1.807) is 37.3 Å². The number of hydrogen-bond acceptors (Lipinski definition) is 6. The molecule has 0 aliphatic carbocycles. The molecule has 0 aliphatic rings. The Hall–Kier alpha value is -3.04. The topological polar surface area (TPSA) is 111 Å². The average molecular weight is 464 g/mol. The van der Waals surface area contributed by atoms with Crippen LogP contribution in [-0.4, -0.2) is 26.6 Å². The highest BCUT2D eigenvalue weighted by Gasteiger charge is 2.21. The van der Waals surface area contributed by atoms with Crippen LogP contribution < -0.4 is 14.8 Å². The molecule has 1 heterocycles. The third-order valence-corrected chi connectivity index (χ3v) is 6.27. The first-order valence-electron chi connectivity index (χ1n) is 9.37. The van der Waals surface area contributed by atoms with Crippen molar-refractivity contribution >= 4 is 38.9 Å². The first kappa shape index (κ1) is 22.6. The number of benzene rings is 2. The number of aromatic nitrogens is 1. The summed E-state index contributed by atoms with van der Waals surface area (Å²) in [5.41, 5.74) is 2.32. The van der Waals surface area contributed by atoms with Gasteiger partial charge in [-0.25, -0.2) is 8.42 Å². The van der Waals surface area contributed by atoms with Crippen LogP contribution in [0.4, 0.5) is 11.4 Å². The monoisotopic (exact) mass is 463 g/mol. The van der Waals surface area contributed by atoms with Crippen molar-refractivity contribution in [3.63, 3.8) is 0 Å². The Morgan fingerprint density at radius 3 is 2.42 bits per heavy atom. The van der Waals surface area contributed by atoms with Gasteiger partial charge in [-0.15, -0.1) is 0 Å². The number of hydrogen-bond donors (Lipinski definition) is 2. The number of carbonyl (C=O) groups is 1. The Labute approximate surface area is 185 Å². The zero-order chi connectivity index (χ0) is 22.6. The van der Waals surface area contributed by atoms with Gasteiger partial charge in [0, 0.05) is 28.4 Å². The summed E-state index contributed by atoms with van der Waals surface area (Å²) in [6, 6.07) is 10.7. The standard InChI is InChI=1S/C21H22ClN3O5S/c1-13-18(14(2)30-24-13)9-11-21(26)23-17-8-10-19(29-3)20(12-17)31(27,28)25-16-6-4-15(22)5-7-16/h4-8,10,12,25H,9,11H2,1-3H3,(H,23,26). The zero-order valence-corrected chi connectivity index (χ0v) is 18.8. The minimum Gasteiger partial charge on any atom is -0.495 e. The molecule has 164 valence electrons. The number of sulfonamides is 1. The number of nitrogens with one attached hydrogen (secondary N) is 2. The van der Waals surface area contributed by atoms with Crippen molar-refractivity contribution in [2.45, 2.75) is 31.6 Å². The van der Waals surface area contributed by atoms with Gasteiger partial charge in [-0.3, -0.25) is 9.52 Å². The molecule has 8 nitrogen and oxygen atoms in total. The van der Waals surface area contributed by atoms with Gasteiger partial charge in [0.1, 0.15) is 16.4 Å². The molecule has 0 spiro atoms. The lowest BCUT2D eigenvalue weighted by molar-refractivity contribution is -0.116. The second-order valence-electron chi connectivity index (χ2n) is 6.83. The van der Waals surface area contributed by atoms with Crippen molar-refractivity contribution in [1.29, 1.82) is 0 Å². The molecule has 3 rings (SSSR count). The number of amides is 1. The van der Waals surface area contributed by atoms with Gasteiger partial charge in [0.15, 0.2) is 0 Å². The van der Waals surface area contributed by atoms with Gasteiger partial charge >= 0.3 is 0 Å². The number of aryl methyl sites for hydroxylation is 2. The van der Waals surface area contributed by atoms with Crippen molar-refractivity contribution in [1.82, 2.24) is 5.16 Å². The first-order valence-corrected chi connectivity index (χ1v) is 11.2. The number of ether oxygens (including phenoxy) is 1. The fraction of sp³-hybridized carbons (Fsp3) is 0.238. The average Bonchev–Trinajstić information content (AvgIpc) is 3.05. The van der Waals surface area contributed by atoms with Gasteiger partial charge < -0.3 is 14.6 Å². The Morgan fingerprint density at radius 2 is 1.81 bits per heavy atom. The van der Waals surface area contributed by atoms with Crippen LogP contribution in [0.3, 0.4) is 0 Å². The maximum absolute atomic E-state index is 12.9. The van der Waals surface area contributed by atoms with Crippen molar-refractivity contribution in [2.75, 3.05) is 17.1 Å². The summed E-state index contributed by atoms with van der Waals surface area (Å²) in [5.74, 6) is 0.561. The van der Waals surface area contributed by atoms with Crippen LogP contribution in [0.25, 0.3) is 0 Å². The molecule has 2 N–H and O–H groups in total. The molecule has 0 bridgehead atoms. The molecular formula is C21H22ClN3O5S. The molecule has 3 aromatic rings. The number of anilines is 2. The van der Waals surface area contributed by atoms with Crippen LogP contribution in [0.2, 0.25) is 5.02 Å². The summed E-state index contributed by atoms with van der Waals surface area (Å²) < 4.78 is 38.6. The predicted octanol–water partition coefficient (Wildman–Crippen LogP) is 4.33. The molecule has 0 unspecified atom stereocenters. The van der Waals surface area contributed by atoms with Crippen molar-refractivity contribution < 1.29 is 22.5 Å². The molecule has 0 atom stereocenters. The van der Waals surface area contributed by atoms with Gasteiger partial charge in [0.05, 0.1) is 12.8 Å². The fourth-order valence-corrected chi connectivity index (χ4v) is 4.39. The van der Waals surface area contributed by atoms with Crippen LogP contribution in [0.15, 0.2) is 51.9 Å². The highest BCUT2D eigenvalue weighted by Crippen LogP contribution is 2.29. The van der Waals surface area contributed by atoms with E-state index in [1.807, 2.05) is 6.92 Å². The molecule has 0 fully saturated rings. The van der Waals surface area contributed by atoms with Gasteiger partial charge in [0.2, 0.25) is 5.91 Å². The summed E-state index contributed by atoms with van der Waals surface area (Å²) in [5, 5.41) is 7.08. The van der Waals surface area contributed by atoms with Crippen molar-refractivity contribution in [3.8, 4) is 5.75 Å². The minimum atomic E-state index is -3.98. The summed E-state index contributed by atoms with van der Waals surface area (Å²) in [6.45, 7) is 3.61. The van der Waals surface area contributed by atoms with Crippen molar-refractivity contribution in [3.05, 3.63) is 64.5 Å². The molecule has 31 heavy (non-hydrogen) atoms. The number of halogens is 1. The lowest BCUT2D eigenvalue weighted by Gasteiger charge is -2.14. The normalized spacial score (nSPS) is 11.2. The van der Waals surface area contributed by atoms with E-state index in [-0.39, 0.29) is 23.0 Å². The molecule has 1 aromatic heterocycles. The largest absolute Gasteiger partial charge is 0.495 e. The van der Waals surface area contributed by atoms with E-state index < -0.39 is 10.0 Å². The molecule has 2 aromatic carbocycles. The van der Waals surface area contributed by atoms with E-state index in [2.05, 4.69) is 15.2 Å². The second-order valence-corrected chi connectivity index (χ2v) is 8.92. The quantitative estimate of drug-likeness (QED) is 0.514. The minimum absolute atomic E-state index is 0.103. The van der Waals surface area contributed by atoms with Gasteiger partial charge in [-0.1, -0.05) is 16.8 Å². The van der Waals surface area contributed by atoms with E-state index in [0.717, 1.165) is 11.3 Å². The lowest BCUT2D eigenvalue weighted by atomic mass is 10.1. The Bertz CT molecular complexity index is 1170. The smallest absolute Gasteiger partial charge is 0.265 e. The number of methoxy groups -OCH3 is 1. The van der Waals surface area contributed by atoms with E-state index in [0.29, 0.717) is 28.6 Å². The number of rotatable bonds is 8. The Kier molecular flexibility index (Phi) is 6.87. The number of carbonyl (C=O) groups excluding carboxylic acids is 1. The molecule has 10 heteroatoms. The van der Waals surface area contributed by atoms with Crippen LogP contribution in [-0.2, 0) is 21.2 Å². The van der Waals surface area contributed by atoms with E-state index in [4.69, 9.17) is 20.9 Å². The lowest BCUT2D eigenvalue weighted by Crippen LogP contribution is -2.16. The summed E-state index contributed by atoms with van der Waals surface area (Å²) >= 11 is 5.85.